The van der Waals surface area contributed by atoms with Gasteiger partial charge in [-0.3, -0.25) is 0 Å². The third kappa shape index (κ3) is 4.38. The molecule has 3 heteroatoms. The molecule has 3 aliphatic rings. The van der Waals surface area contributed by atoms with Crippen LogP contribution in [0.4, 0.5) is 0 Å². The topological polar surface area (TPSA) is 27.3 Å². The molecule has 0 bridgehead atoms. The highest BCUT2D eigenvalue weighted by Crippen LogP contribution is 2.47. The Balaban J connectivity index is 1.14. The zero-order chi connectivity index (χ0) is 33.5. The van der Waals surface area contributed by atoms with Gasteiger partial charge in [-0.1, -0.05) is 121 Å². The maximum atomic E-state index is 6.98. The molecule has 11 rings (SSSR count). The largest absolute Gasteiger partial charge is 0.484 e. The Hall–Kier alpha value is -6.32. The van der Waals surface area contributed by atoms with Gasteiger partial charge in [-0.05, 0) is 83.1 Å². The van der Waals surface area contributed by atoms with Gasteiger partial charge in [0.25, 0.3) is 0 Å². The van der Waals surface area contributed by atoms with E-state index >= 15 is 0 Å². The summed E-state index contributed by atoms with van der Waals surface area (Å²) in [6.07, 6.45) is 8.87. The van der Waals surface area contributed by atoms with Crippen LogP contribution in [0.15, 0.2) is 168 Å². The summed E-state index contributed by atoms with van der Waals surface area (Å²) in [5.74, 6) is 1.00. The van der Waals surface area contributed by atoms with Crippen LogP contribution in [0.25, 0.3) is 72.4 Å². The maximum Gasteiger partial charge on any atom is 0.142 e. The molecule has 0 radical (unpaired) electrons. The Morgan fingerprint density at radius 1 is 0.588 bits per heavy atom. The third-order valence-electron chi connectivity index (χ3n) is 11.0. The Morgan fingerprint density at radius 3 is 1.96 bits per heavy atom. The van der Waals surface area contributed by atoms with Crippen LogP contribution in [0, 0.1) is 0 Å². The van der Waals surface area contributed by atoms with Crippen molar-refractivity contribution in [1.82, 2.24) is 4.57 Å². The molecule has 2 atom stereocenters. The van der Waals surface area contributed by atoms with Gasteiger partial charge in [0, 0.05) is 44.1 Å². The molecule has 2 aromatic heterocycles. The van der Waals surface area contributed by atoms with Crippen LogP contribution in [0.3, 0.4) is 0 Å². The van der Waals surface area contributed by atoms with Gasteiger partial charge < -0.3 is 13.7 Å². The number of rotatable bonds is 4. The van der Waals surface area contributed by atoms with Crippen molar-refractivity contribution in [3.05, 3.63) is 180 Å². The van der Waals surface area contributed by atoms with Crippen LogP contribution < -0.4 is 15.4 Å². The first-order chi connectivity index (χ1) is 25.3. The first-order valence-corrected chi connectivity index (χ1v) is 17.9. The summed E-state index contributed by atoms with van der Waals surface area (Å²) in [6.45, 7) is 0. The van der Waals surface area contributed by atoms with E-state index in [9.17, 15) is 0 Å². The second-order valence-corrected chi connectivity index (χ2v) is 13.9. The highest BCUT2D eigenvalue weighted by atomic mass is 16.5. The number of nitrogens with zero attached hydrogens (tertiary/aromatic N) is 1. The second-order valence-electron chi connectivity index (χ2n) is 13.9. The number of furan rings is 1. The van der Waals surface area contributed by atoms with Crippen molar-refractivity contribution < 1.29 is 9.15 Å². The molecule has 2 aliphatic carbocycles. The number of para-hydroxylation sites is 2. The smallest absolute Gasteiger partial charge is 0.142 e. The molecule has 2 unspecified atom stereocenters. The minimum atomic E-state index is -0.184. The predicted octanol–water partition coefficient (Wildman–Crippen LogP) is 10.6. The van der Waals surface area contributed by atoms with Crippen molar-refractivity contribution in [2.45, 2.75) is 24.9 Å². The van der Waals surface area contributed by atoms with Crippen LogP contribution in [0.2, 0.25) is 0 Å². The standard InChI is InChI=1S/C48H33NO2/c1-3-12-30(13-4-1)32-22-24-44-38(27-32)40-29-41-39-28-33(31-14-5-2-6-15-31)23-25-45(39)51-48(41)46(47(40)50-44)34-16-11-17-35(26-34)49-42-20-9-7-18-36(42)37-19-8-10-21-43(37)49/h1-10,12-15,17-29,40,47H,11,16H2. The molecule has 51 heavy (non-hydrogen) atoms. The van der Waals surface area contributed by atoms with Gasteiger partial charge in [0.05, 0.1) is 11.0 Å². The summed E-state index contributed by atoms with van der Waals surface area (Å²) >= 11 is 0. The molecule has 0 fully saturated rings. The number of hydrogen-bond acceptors (Lipinski definition) is 2. The molecule has 8 aromatic rings. The van der Waals surface area contributed by atoms with E-state index in [4.69, 9.17) is 9.15 Å². The molecule has 0 N–H and O–H groups in total. The molecule has 3 heterocycles. The highest BCUT2D eigenvalue weighted by molar-refractivity contribution is 6.10. The van der Waals surface area contributed by atoms with E-state index in [1.807, 2.05) is 0 Å². The molecule has 3 nitrogen and oxygen atoms in total. The summed E-state index contributed by atoms with van der Waals surface area (Å²) in [5.41, 5.74) is 13.9. The maximum absolute atomic E-state index is 6.98. The average molecular weight is 656 g/mol. The monoisotopic (exact) mass is 655 g/mol. The van der Waals surface area contributed by atoms with Gasteiger partial charge in [0.1, 0.15) is 22.9 Å². The number of hydrogen-bond donors (Lipinski definition) is 0. The first kappa shape index (κ1) is 28.5. The lowest BCUT2D eigenvalue weighted by molar-refractivity contribution is 0.278. The summed E-state index contributed by atoms with van der Waals surface area (Å²) in [7, 11) is 0. The summed E-state index contributed by atoms with van der Waals surface area (Å²) in [6, 6.07) is 52.0. The highest BCUT2D eigenvalue weighted by Gasteiger charge is 2.41. The van der Waals surface area contributed by atoms with Crippen LogP contribution in [-0.4, -0.2) is 10.7 Å². The van der Waals surface area contributed by atoms with E-state index in [0.29, 0.717) is 0 Å². The van der Waals surface area contributed by atoms with Crippen LogP contribution in [0.5, 0.6) is 5.75 Å². The minimum Gasteiger partial charge on any atom is -0.484 e. The number of fused-ring (bicyclic) bond motifs is 9. The van der Waals surface area contributed by atoms with E-state index in [1.165, 1.54) is 66.5 Å². The van der Waals surface area contributed by atoms with Gasteiger partial charge in [0.2, 0.25) is 0 Å². The fraction of sp³-hybridized carbons (Fsp3) is 0.0833. The Labute approximate surface area is 295 Å². The third-order valence-corrected chi connectivity index (χ3v) is 11.0. The molecule has 6 aromatic carbocycles. The fourth-order valence-corrected chi connectivity index (χ4v) is 8.70. The normalized spacial score (nSPS) is 17.8. The SMILES string of the molecule is C1=C(C2=c3oc4ccc(-c5ccccc5)cc4c3=CC3c4cc(-c5ccccc5)ccc4OC23)CCC=C1n1c2ccccc2c2ccccc21. The quantitative estimate of drug-likeness (QED) is 0.189. The van der Waals surface area contributed by atoms with Crippen LogP contribution >= 0.6 is 0 Å². The zero-order valence-corrected chi connectivity index (χ0v) is 27.9. The predicted molar refractivity (Wildman–Crippen MR) is 209 cm³/mol. The van der Waals surface area contributed by atoms with Crippen molar-refractivity contribution in [1.29, 1.82) is 0 Å². The van der Waals surface area contributed by atoms with Gasteiger partial charge >= 0.3 is 0 Å². The summed E-state index contributed by atoms with van der Waals surface area (Å²) < 4.78 is 16.3. The number of aromatic nitrogens is 1. The van der Waals surface area contributed by atoms with E-state index in [-0.39, 0.29) is 12.0 Å². The molecule has 0 saturated carbocycles. The summed E-state index contributed by atoms with van der Waals surface area (Å²) in [5, 5.41) is 4.85. The molecular formula is C48H33NO2. The Kier molecular flexibility index (Phi) is 6.20. The van der Waals surface area contributed by atoms with Crippen molar-refractivity contribution >= 4 is 50.1 Å². The van der Waals surface area contributed by atoms with Gasteiger partial charge in [-0.2, -0.15) is 0 Å². The van der Waals surface area contributed by atoms with E-state index in [1.54, 1.807) is 0 Å². The lowest BCUT2D eigenvalue weighted by Crippen LogP contribution is -2.38. The van der Waals surface area contributed by atoms with Gasteiger partial charge in [-0.25, -0.2) is 0 Å². The number of ether oxygens (including phenoxy) is 1. The molecular weight excluding hydrogens is 623 g/mol. The molecule has 0 amide bonds. The second kappa shape index (κ2) is 11.1. The van der Waals surface area contributed by atoms with E-state index in [0.717, 1.165) is 40.2 Å². The number of allylic oxidation sites excluding steroid dienone is 3. The van der Waals surface area contributed by atoms with Crippen molar-refractivity contribution in [2.75, 3.05) is 0 Å². The van der Waals surface area contributed by atoms with Crippen LogP contribution in [-0.2, 0) is 0 Å². The Morgan fingerprint density at radius 2 is 1.24 bits per heavy atom. The Bertz CT molecular complexity index is 2830. The molecule has 0 saturated heterocycles. The zero-order valence-electron chi connectivity index (χ0n) is 27.9. The first-order valence-electron chi connectivity index (χ1n) is 17.9. The van der Waals surface area contributed by atoms with Crippen LogP contribution in [0.1, 0.15) is 24.3 Å². The fourth-order valence-electron chi connectivity index (χ4n) is 8.70. The average Bonchev–Trinajstić information content (AvgIpc) is 3.86. The van der Waals surface area contributed by atoms with E-state index in [2.05, 4.69) is 168 Å². The molecule has 1 aliphatic heterocycles. The van der Waals surface area contributed by atoms with Crippen molar-refractivity contribution in [3.63, 3.8) is 0 Å². The van der Waals surface area contributed by atoms with Crippen molar-refractivity contribution in [2.24, 2.45) is 0 Å². The molecule has 0 spiro atoms. The van der Waals surface area contributed by atoms with Crippen molar-refractivity contribution in [3.8, 4) is 28.0 Å². The van der Waals surface area contributed by atoms with Gasteiger partial charge in [-0.15, -0.1) is 0 Å². The van der Waals surface area contributed by atoms with E-state index < -0.39 is 0 Å². The summed E-state index contributed by atoms with van der Waals surface area (Å²) in [4.78, 5) is 0. The molecule has 242 valence electrons. The van der Waals surface area contributed by atoms with Gasteiger partial charge in [0.15, 0.2) is 0 Å². The minimum absolute atomic E-state index is 0.0517. The lowest BCUT2D eigenvalue weighted by Gasteiger charge is -2.26. The number of benzene rings is 6. The lowest BCUT2D eigenvalue weighted by atomic mass is 9.81.